The normalized spacial score (nSPS) is 10.9. The Morgan fingerprint density at radius 3 is 2.64 bits per heavy atom. The number of furan rings is 1. The number of anilines is 1. The molecule has 3 N–H and O–H groups in total. The summed E-state index contributed by atoms with van der Waals surface area (Å²) in [5.74, 6) is -0.237. The summed E-state index contributed by atoms with van der Waals surface area (Å²) in [7, 11) is 0. The molecule has 0 aliphatic heterocycles. The molecule has 0 saturated carbocycles. The van der Waals surface area contributed by atoms with Crippen LogP contribution in [0.2, 0.25) is 0 Å². The predicted octanol–water partition coefficient (Wildman–Crippen LogP) is 3.07. The van der Waals surface area contributed by atoms with Gasteiger partial charge in [0.05, 0.1) is 29.3 Å². The number of amides is 2. The molecule has 140 valence electrons. The molecule has 3 aromatic heterocycles. The first kappa shape index (κ1) is 17.5. The average molecular weight is 376 g/mol. The van der Waals surface area contributed by atoms with E-state index in [1.807, 2.05) is 0 Å². The smallest absolute Gasteiger partial charge is 0.259 e. The molecular formula is C20H16N4O4. The van der Waals surface area contributed by atoms with Crippen molar-refractivity contribution in [3.63, 3.8) is 0 Å². The number of nitrogens with zero attached hydrogens (tertiary/aromatic N) is 2. The third-order valence-electron chi connectivity index (χ3n) is 4.23. The number of nitrogens with one attached hydrogen (secondary N) is 1. The van der Waals surface area contributed by atoms with Crippen molar-refractivity contribution < 1.29 is 18.5 Å². The van der Waals surface area contributed by atoms with E-state index in [0.717, 1.165) is 5.56 Å². The summed E-state index contributed by atoms with van der Waals surface area (Å²) in [6.07, 6.45) is 1.67. The van der Waals surface area contributed by atoms with Crippen LogP contribution >= 0.6 is 0 Å². The molecular weight excluding hydrogens is 360 g/mol. The van der Waals surface area contributed by atoms with Crippen molar-refractivity contribution in [2.75, 3.05) is 5.32 Å². The molecule has 0 aliphatic rings. The van der Waals surface area contributed by atoms with Crippen molar-refractivity contribution in [3.05, 3.63) is 65.5 Å². The Bertz CT molecular complexity index is 1160. The van der Waals surface area contributed by atoms with Crippen LogP contribution < -0.4 is 11.1 Å². The summed E-state index contributed by atoms with van der Waals surface area (Å²) in [6, 6.07) is 12.0. The van der Waals surface area contributed by atoms with Crippen LogP contribution in [-0.4, -0.2) is 22.0 Å². The number of rotatable bonds is 5. The van der Waals surface area contributed by atoms with E-state index in [1.165, 1.54) is 6.26 Å². The summed E-state index contributed by atoms with van der Waals surface area (Å²) in [6.45, 7) is 1.75. The Balaban J connectivity index is 1.68. The van der Waals surface area contributed by atoms with Gasteiger partial charge in [0.2, 0.25) is 5.91 Å². The minimum Gasteiger partial charge on any atom is -0.463 e. The van der Waals surface area contributed by atoms with Crippen LogP contribution in [0, 0.1) is 6.92 Å². The number of fused-ring (bicyclic) bond motifs is 1. The molecule has 0 aliphatic carbocycles. The number of aromatic nitrogens is 2. The molecule has 4 aromatic rings. The maximum Gasteiger partial charge on any atom is 0.259 e. The molecule has 0 radical (unpaired) electrons. The molecule has 0 saturated heterocycles. The highest BCUT2D eigenvalue weighted by atomic mass is 16.5. The lowest BCUT2D eigenvalue weighted by Gasteiger charge is -2.08. The van der Waals surface area contributed by atoms with Gasteiger partial charge in [-0.25, -0.2) is 4.98 Å². The molecule has 0 unspecified atom stereocenters. The van der Waals surface area contributed by atoms with E-state index in [0.29, 0.717) is 33.8 Å². The number of carbonyl (C=O) groups excluding carboxylic acids is 2. The fraction of sp³-hybridized carbons (Fsp3) is 0.100. The molecule has 0 fully saturated rings. The van der Waals surface area contributed by atoms with Crippen molar-refractivity contribution in [3.8, 4) is 11.5 Å². The van der Waals surface area contributed by atoms with Gasteiger partial charge in [-0.2, -0.15) is 0 Å². The van der Waals surface area contributed by atoms with Crippen molar-refractivity contribution in [1.29, 1.82) is 0 Å². The second-order valence-corrected chi connectivity index (χ2v) is 6.27. The van der Waals surface area contributed by atoms with Crippen LogP contribution in [0.15, 0.2) is 57.7 Å². The molecule has 8 heteroatoms. The maximum absolute atomic E-state index is 12.9. The number of hydrogen-bond donors (Lipinski definition) is 2. The fourth-order valence-corrected chi connectivity index (χ4v) is 2.93. The monoisotopic (exact) mass is 376 g/mol. The standard InChI is InChI=1S/C20H16N4O4/c1-11-18-14(10-15(16-3-2-8-27-16)23-20(18)28-24-11)19(26)22-13-6-4-12(5-7-13)9-17(21)25/h2-8,10H,9H2,1H3,(H2,21,25)(H,22,26). The largest absolute Gasteiger partial charge is 0.463 e. The molecule has 4 rings (SSSR count). The quantitative estimate of drug-likeness (QED) is 0.551. The Morgan fingerprint density at radius 1 is 1.18 bits per heavy atom. The zero-order chi connectivity index (χ0) is 19.7. The Morgan fingerprint density at radius 2 is 1.96 bits per heavy atom. The van der Waals surface area contributed by atoms with E-state index in [2.05, 4.69) is 15.5 Å². The van der Waals surface area contributed by atoms with Gasteiger partial charge in [-0.05, 0) is 42.8 Å². The first-order valence-corrected chi connectivity index (χ1v) is 8.51. The van der Waals surface area contributed by atoms with E-state index >= 15 is 0 Å². The summed E-state index contributed by atoms with van der Waals surface area (Å²) < 4.78 is 10.6. The van der Waals surface area contributed by atoms with Gasteiger partial charge in [-0.15, -0.1) is 0 Å². The van der Waals surface area contributed by atoms with Crippen molar-refractivity contribution >= 4 is 28.6 Å². The third-order valence-corrected chi connectivity index (χ3v) is 4.23. The minimum absolute atomic E-state index is 0.144. The van der Waals surface area contributed by atoms with Crippen molar-refractivity contribution in [2.45, 2.75) is 13.3 Å². The first-order chi connectivity index (χ1) is 13.5. The second kappa shape index (κ2) is 6.99. The van der Waals surface area contributed by atoms with Crippen LogP contribution in [0.4, 0.5) is 5.69 Å². The minimum atomic E-state index is -0.413. The lowest BCUT2D eigenvalue weighted by Crippen LogP contribution is -2.14. The number of hydrogen-bond acceptors (Lipinski definition) is 6. The number of primary amides is 1. The Hall–Kier alpha value is -3.94. The summed E-state index contributed by atoms with van der Waals surface area (Å²) in [4.78, 5) is 28.3. The number of pyridine rings is 1. The van der Waals surface area contributed by atoms with Gasteiger partial charge >= 0.3 is 0 Å². The maximum atomic E-state index is 12.9. The highest BCUT2D eigenvalue weighted by Crippen LogP contribution is 2.28. The zero-order valence-corrected chi connectivity index (χ0v) is 14.9. The Kier molecular flexibility index (Phi) is 4.36. The van der Waals surface area contributed by atoms with E-state index in [4.69, 9.17) is 14.7 Å². The van der Waals surface area contributed by atoms with Crippen LogP contribution in [0.5, 0.6) is 0 Å². The molecule has 3 heterocycles. The fourth-order valence-electron chi connectivity index (χ4n) is 2.93. The number of nitrogens with two attached hydrogens (primary N) is 1. The topological polar surface area (TPSA) is 124 Å². The highest BCUT2D eigenvalue weighted by Gasteiger charge is 2.20. The van der Waals surface area contributed by atoms with Gasteiger partial charge in [0.15, 0.2) is 5.76 Å². The molecule has 2 amide bonds. The van der Waals surface area contributed by atoms with Gasteiger partial charge < -0.3 is 20.0 Å². The van der Waals surface area contributed by atoms with Crippen molar-refractivity contribution in [2.24, 2.45) is 5.73 Å². The number of benzene rings is 1. The Labute approximate surface area is 159 Å². The van der Waals surface area contributed by atoms with E-state index in [1.54, 1.807) is 49.4 Å². The SMILES string of the molecule is Cc1noc2nc(-c3ccco3)cc(C(=O)Nc3ccc(CC(N)=O)cc3)c12. The molecule has 8 nitrogen and oxygen atoms in total. The highest BCUT2D eigenvalue weighted by molar-refractivity contribution is 6.12. The third kappa shape index (κ3) is 3.35. The molecule has 0 atom stereocenters. The summed E-state index contributed by atoms with van der Waals surface area (Å²) in [5.41, 5.74) is 8.21. The lowest BCUT2D eigenvalue weighted by atomic mass is 10.1. The zero-order valence-electron chi connectivity index (χ0n) is 14.9. The van der Waals surface area contributed by atoms with Gasteiger partial charge in [-0.3, -0.25) is 9.59 Å². The van der Waals surface area contributed by atoms with Crippen LogP contribution in [0.25, 0.3) is 22.6 Å². The lowest BCUT2D eigenvalue weighted by molar-refractivity contribution is -0.117. The molecule has 28 heavy (non-hydrogen) atoms. The van der Waals surface area contributed by atoms with Gasteiger partial charge in [0, 0.05) is 5.69 Å². The second-order valence-electron chi connectivity index (χ2n) is 6.27. The summed E-state index contributed by atoms with van der Waals surface area (Å²) >= 11 is 0. The molecule has 0 bridgehead atoms. The van der Waals surface area contributed by atoms with Crippen molar-refractivity contribution in [1.82, 2.24) is 10.1 Å². The van der Waals surface area contributed by atoms with Gasteiger partial charge in [0.25, 0.3) is 11.6 Å². The summed E-state index contributed by atoms with van der Waals surface area (Å²) in [5, 5.41) is 7.29. The van der Waals surface area contributed by atoms with E-state index < -0.39 is 5.91 Å². The van der Waals surface area contributed by atoms with Crippen LogP contribution in [-0.2, 0) is 11.2 Å². The van der Waals surface area contributed by atoms with E-state index in [-0.39, 0.29) is 18.0 Å². The average Bonchev–Trinajstić information content (AvgIpc) is 3.32. The van der Waals surface area contributed by atoms with Gasteiger partial charge in [0.1, 0.15) is 5.69 Å². The van der Waals surface area contributed by atoms with Gasteiger partial charge in [-0.1, -0.05) is 17.3 Å². The van der Waals surface area contributed by atoms with Crippen LogP contribution in [0.1, 0.15) is 21.6 Å². The van der Waals surface area contributed by atoms with E-state index in [9.17, 15) is 9.59 Å². The van der Waals surface area contributed by atoms with Crippen LogP contribution in [0.3, 0.4) is 0 Å². The number of aryl methyl sites for hydroxylation is 1. The predicted molar refractivity (Wildman–Crippen MR) is 102 cm³/mol. The molecule has 0 spiro atoms. The first-order valence-electron chi connectivity index (χ1n) is 8.51. The number of carbonyl (C=O) groups is 2. The molecule has 1 aromatic carbocycles.